The minimum Gasteiger partial charge on any atom is -0.366 e. The van der Waals surface area contributed by atoms with Crippen LogP contribution in [0.3, 0.4) is 0 Å². The minimum absolute atomic E-state index is 0.261. The van der Waals surface area contributed by atoms with E-state index in [1.54, 1.807) is 0 Å². The van der Waals surface area contributed by atoms with Crippen molar-refractivity contribution in [1.29, 1.82) is 0 Å². The molecule has 44 valence electrons. The molecule has 1 aliphatic carbocycles. The van der Waals surface area contributed by atoms with Crippen LogP contribution < -0.4 is 5.73 Å². The molecule has 0 aliphatic heterocycles. The maximum absolute atomic E-state index is 10.3. The Morgan fingerprint density at radius 2 is 2.50 bits per heavy atom. The highest BCUT2D eigenvalue weighted by molar-refractivity contribution is 5.93. The zero-order valence-electron chi connectivity index (χ0n) is 4.85. The highest BCUT2D eigenvalue weighted by Crippen LogP contribution is 2.23. The minimum atomic E-state index is -0.261. The van der Waals surface area contributed by atoms with E-state index < -0.39 is 0 Å². The average Bonchev–Trinajstić information content (AvgIpc) is 1.57. The van der Waals surface area contributed by atoms with Gasteiger partial charge < -0.3 is 5.73 Å². The van der Waals surface area contributed by atoms with Gasteiger partial charge in [-0.2, -0.15) is 0 Å². The summed E-state index contributed by atoms with van der Waals surface area (Å²) in [5.41, 5.74) is 5.74. The maximum atomic E-state index is 10.3. The van der Waals surface area contributed by atoms with Crippen LogP contribution >= 0.6 is 0 Å². The van der Waals surface area contributed by atoms with Gasteiger partial charge in [0, 0.05) is 5.57 Å². The molecule has 2 N–H and O–H groups in total. The van der Waals surface area contributed by atoms with Crippen molar-refractivity contribution in [2.75, 3.05) is 0 Å². The Morgan fingerprint density at radius 1 is 2.00 bits per heavy atom. The van der Waals surface area contributed by atoms with Crippen molar-refractivity contribution in [3.63, 3.8) is 0 Å². The summed E-state index contributed by atoms with van der Waals surface area (Å²) in [6.45, 7) is 2.06. The lowest BCUT2D eigenvalue weighted by Crippen LogP contribution is -2.21. The molecule has 1 amide bonds. The number of carbonyl (C=O) groups excluding carboxylic acids is 1. The SMILES string of the molecule is CC1C=C(C(N)=O)C1. The van der Waals surface area contributed by atoms with Crippen LogP contribution in [0.15, 0.2) is 11.6 Å². The molecule has 0 aromatic rings. The summed E-state index contributed by atoms with van der Waals surface area (Å²) < 4.78 is 0. The normalized spacial score (nSPS) is 26.1. The lowest BCUT2D eigenvalue weighted by atomic mass is 9.88. The van der Waals surface area contributed by atoms with Gasteiger partial charge in [-0.3, -0.25) is 4.79 Å². The molecule has 0 saturated heterocycles. The van der Waals surface area contributed by atoms with Gasteiger partial charge >= 0.3 is 0 Å². The number of primary amides is 1. The molecule has 1 aliphatic rings. The van der Waals surface area contributed by atoms with E-state index in [1.165, 1.54) is 0 Å². The Bertz CT molecular complexity index is 149. The molecule has 0 aromatic carbocycles. The smallest absolute Gasteiger partial charge is 0.244 e. The number of hydrogen-bond donors (Lipinski definition) is 1. The number of allylic oxidation sites excluding steroid dienone is 1. The van der Waals surface area contributed by atoms with Crippen LogP contribution in [-0.4, -0.2) is 5.91 Å². The van der Waals surface area contributed by atoms with Crippen LogP contribution in [0.1, 0.15) is 13.3 Å². The van der Waals surface area contributed by atoms with Crippen molar-refractivity contribution in [3.8, 4) is 0 Å². The standard InChI is InChI=1S/C6H9NO/c1-4-2-5(3-4)6(7)8/h2,4H,3H2,1H3,(H2,7,8). The monoisotopic (exact) mass is 111 g/mol. The molecule has 1 atom stereocenters. The number of rotatable bonds is 1. The number of hydrogen-bond acceptors (Lipinski definition) is 1. The molecule has 8 heavy (non-hydrogen) atoms. The van der Waals surface area contributed by atoms with Crippen LogP contribution in [0.2, 0.25) is 0 Å². The van der Waals surface area contributed by atoms with Crippen molar-refractivity contribution >= 4 is 5.91 Å². The Balaban J connectivity index is 2.54. The summed E-state index contributed by atoms with van der Waals surface area (Å²) in [6.07, 6.45) is 2.78. The van der Waals surface area contributed by atoms with Crippen LogP contribution in [0, 0.1) is 5.92 Å². The highest BCUT2D eigenvalue weighted by atomic mass is 16.1. The van der Waals surface area contributed by atoms with Crippen LogP contribution in [0.4, 0.5) is 0 Å². The van der Waals surface area contributed by atoms with E-state index in [1.807, 2.05) is 6.08 Å². The zero-order chi connectivity index (χ0) is 6.15. The fourth-order valence-corrected chi connectivity index (χ4v) is 0.840. The number of carbonyl (C=O) groups is 1. The maximum Gasteiger partial charge on any atom is 0.244 e. The van der Waals surface area contributed by atoms with Crippen LogP contribution in [0.25, 0.3) is 0 Å². The van der Waals surface area contributed by atoms with Gasteiger partial charge in [-0.25, -0.2) is 0 Å². The third-order valence-electron chi connectivity index (χ3n) is 1.34. The van der Waals surface area contributed by atoms with E-state index in [-0.39, 0.29) is 5.91 Å². The van der Waals surface area contributed by atoms with Crippen molar-refractivity contribution in [2.24, 2.45) is 11.7 Å². The molecular formula is C6H9NO. The van der Waals surface area contributed by atoms with E-state index in [2.05, 4.69) is 6.92 Å². The van der Waals surface area contributed by atoms with E-state index in [9.17, 15) is 4.79 Å². The molecule has 1 unspecified atom stereocenters. The molecule has 0 heterocycles. The second kappa shape index (κ2) is 1.62. The van der Waals surface area contributed by atoms with Gasteiger partial charge in [0.2, 0.25) is 5.91 Å². The molecule has 2 nitrogen and oxygen atoms in total. The zero-order valence-corrected chi connectivity index (χ0v) is 4.85. The number of amides is 1. The van der Waals surface area contributed by atoms with Crippen molar-refractivity contribution in [3.05, 3.63) is 11.6 Å². The van der Waals surface area contributed by atoms with Gasteiger partial charge in [0.15, 0.2) is 0 Å². The number of nitrogens with two attached hydrogens (primary N) is 1. The predicted octanol–water partition coefficient (Wildman–Crippen LogP) is 0.438. The third kappa shape index (κ3) is 0.735. The van der Waals surface area contributed by atoms with Gasteiger partial charge in [0.05, 0.1) is 0 Å². The van der Waals surface area contributed by atoms with Crippen molar-refractivity contribution < 1.29 is 4.79 Å². The van der Waals surface area contributed by atoms with Crippen molar-refractivity contribution in [1.82, 2.24) is 0 Å². The summed E-state index contributed by atoms with van der Waals surface area (Å²) in [7, 11) is 0. The fraction of sp³-hybridized carbons (Fsp3) is 0.500. The average molecular weight is 111 g/mol. The fourth-order valence-electron chi connectivity index (χ4n) is 0.840. The van der Waals surface area contributed by atoms with E-state index in [4.69, 9.17) is 5.73 Å². The quantitative estimate of drug-likeness (QED) is 0.524. The molecule has 0 fully saturated rings. The summed E-state index contributed by atoms with van der Waals surface area (Å²) in [6, 6.07) is 0. The Hall–Kier alpha value is -0.790. The van der Waals surface area contributed by atoms with E-state index >= 15 is 0 Å². The molecule has 1 rings (SSSR count). The first-order valence-corrected chi connectivity index (χ1v) is 2.70. The van der Waals surface area contributed by atoms with Gasteiger partial charge in [-0.15, -0.1) is 0 Å². The Labute approximate surface area is 48.4 Å². The lowest BCUT2D eigenvalue weighted by molar-refractivity contribution is -0.115. The molecule has 0 radical (unpaired) electrons. The van der Waals surface area contributed by atoms with Gasteiger partial charge in [-0.05, 0) is 12.3 Å². The second-order valence-corrected chi connectivity index (χ2v) is 2.24. The Kier molecular flexibility index (Phi) is 1.08. The predicted molar refractivity (Wildman–Crippen MR) is 31.1 cm³/mol. The van der Waals surface area contributed by atoms with Gasteiger partial charge in [-0.1, -0.05) is 13.0 Å². The lowest BCUT2D eigenvalue weighted by Gasteiger charge is -2.17. The largest absolute Gasteiger partial charge is 0.366 e. The van der Waals surface area contributed by atoms with Crippen LogP contribution in [-0.2, 0) is 4.79 Å². The first kappa shape index (κ1) is 5.35. The van der Waals surface area contributed by atoms with E-state index in [0.29, 0.717) is 5.92 Å². The van der Waals surface area contributed by atoms with Gasteiger partial charge in [0.1, 0.15) is 0 Å². The van der Waals surface area contributed by atoms with Gasteiger partial charge in [0.25, 0.3) is 0 Å². The first-order chi connectivity index (χ1) is 3.70. The summed E-state index contributed by atoms with van der Waals surface area (Å²) in [5.74, 6) is 0.306. The molecule has 0 aromatic heterocycles. The Morgan fingerprint density at radius 3 is 2.62 bits per heavy atom. The van der Waals surface area contributed by atoms with Crippen LogP contribution in [0.5, 0.6) is 0 Å². The summed E-state index contributed by atoms with van der Waals surface area (Å²) in [5, 5.41) is 0. The first-order valence-electron chi connectivity index (χ1n) is 2.70. The topological polar surface area (TPSA) is 43.1 Å². The second-order valence-electron chi connectivity index (χ2n) is 2.24. The highest BCUT2D eigenvalue weighted by Gasteiger charge is 2.17. The third-order valence-corrected chi connectivity index (χ3v) is 1.34. The molecular weight excluding hydrogens is 102 g/mol. The molecule has 2 heteroatoms. The molecule has 0 saturated carbocycles. The van der Waals surface area contributed by atoms with E-state index in [0.717, 1.165) is 12.0 Å². The van der Waals surface area contributed by atoms with Crippen molar-refractivity contribution in [2.45, 2.75) is 13.3 Å². The molecule has 0 spiro atoms. The summed E-state index contributed by atoms with van der Waals surface area (Å²) in [4.78, 5) is 10.3. The summed E-state index contributed by atoms with van der Waals surface area (Å²) >= 11 is 0. The molecule has 0 bridgehead atoms.